The lowest BCUT2D eigenvalue weighted by Gasteiger charge is -2.38. The molecule has 3 aliphatic carbocycles. The molecule has 2 atom stereocenters. The third-order valence-corrected chi connectivity index (χ3v) is 11.7. The zero-order valence-corrected chi connectivity index (χ0v) is 31.2. The Morgan fingerprint density at radius 1 is 0.807 bits per heavy atom. The standard InChI is InChI=1S/C44H45NO12/c1-2-45-21-30(23-17-32(47)40(53)33(48)18-23)42(43(55)56)57-36(51)12-11-22-16-34(49)41(54)38-29(22)15-24(20-44(38)13-3-4-14-44)28-19-35(50)39(52)27-9-5-7-25-26(37(27)28)8-6-10-31(25)46/h6,8,10-12,15-19,30,42,45-50,52-54H,2-5,7,9,13-14,20-21H2,1H3,(H,55,56). The highest BCUT2D eigenvalue weighted by atomic mass is 16.6. The van der Waals surface area contributed by atoms with Crippen LogP contribution in [0.1, 0.15) is 90.3 Å². The Morgan fingerprint density at radius 3 is 2.16 bits per heavy atom. The summed E-state index contributed by atoms with van der Waals surface area (Å²) in [4.78, 5) is 26.0. The fraction of sp³-hybridized carbons (Fsp3) is 0.318. The number of fused-ring (bicyclic) bond motifs is 5. The summed E-state index contributed by atoms with van der Waals surface area (Å²) in [6.07, 6.45) is 7.46. The van der Waals surface area contributed by atoms with Gasteiger partial charge in [-0.15, -0.1) is 0 Å². The third kappa shape index (κ3) is 7.03. The van der Waals surface area contributed by atoms with Gasteiger partial charge in [0.15, 0.2) is 40.2 Å². The first-order valence-corrected chi connectivity index (χ1v) is 19.0. The number of aromatic hydroxyl groups is 8. The van der Waals surface area contributed by atoms with Crippen molar-refractivity contribution in [1.82, 2.24) is 5.32 Å². The van der Waals surface area contributed by atoms with Crippen molar-refractivity contribution in [1.29, 1.82) is 0 Å². The quantitative estimate of drug-likeness (QED) is 0.0462. The molecule has 13 heteroatoms. The average molecular weight is 780 g/mol. The van der Waals surface area contributed by atoms with Crippen LogP contribution in [-0.4, -0.2) is 77.1 Å². The highest BCUT2D eigenvalue weighted by Crippen LogP contribution is 2.58. The maximum atomic E-state index is 13.5. The Labute approximate surface area is 328 Å². The molecule has 1 fully saturated rings. The number of esters is 1. The number of carboxylic acid groups (broad SMARTS) is 1. The highest BCUT2D eigenvalue weighted by molar-refractivity contribution is 5.98. The van der Waals surface area contributed by atoms with Gasteiger partial charge < -0.3 is 56.0 Å². The largest absolute Gasteiger partial charge is 0.508 e. The number of hydrogen-bond acceptors (Lipinski definition) is 12. The smallest absolute Gasteiger partial charge is 0.345 e. The number of allylic oxidation sites excluding steroid dienone is 1. The van der Waals surface area contributed by atoms with Gasteiger partial charge in [-0.05, 0) is 120 Å². The lowest BCUT2D eigenvalue weighted by molar-refractivity contribution is -0.162. The second-order valence-corrected chi connectivity index (χ2v) is 15.1. The number of nitrogens with one attached hydrogen (secondary N) is 1. The lowest BCUT2D eigenvalue weighted by atomic mass is 9.66. The van der Waals surface area contributed by atoms with E-state index in [-0.39, 0.29) is 35.1 Å². The molecule has 3 aliphatic rings. The second-order valence-electron chi connectivity index (χ2n) is 15.1. The number of phenols is 8. The number of benzene rings is 4. The lowest BCUT2D eigenvalue weighted by Crippen LogP contribution is -2.38. The Balaban J connectivity index is 1.33. The molecular weight excluding hydrogens is 734 g/mol. The first kappa shape index (κ1) is 38.9. The monoisotopic (exact) mass is 779 g/mol. The molecule has 4 aromatic carbocycles. The molecular formula is C44H45NO12. The molecule has 57 heavy (non-hydrogen) atoms. The molecule has 4 aromatic rings. The predicted molar refractivity (Wildman–Crippen MR) is 211 cm³/mol. The third-order valence-electron chi connectivity index (χ3n) is 11.7. The van der Waals surface area contributed by atoms with E-state index in [4.69, 9.17) is 4.74 Å². The Morgan fingerprint density at radius 2 is 1.47 bits per heavy atom. The molecule has 1 spiro atoms. The van der Waals surface area contributed by atoms with Crippen LogP contribution in [-0.2, 0) is 32.6 Å². The summed E-state index contributed by atoms with van der Waals surface area (Å²) in [5, 5.41) is 99.0. The van der Waals surface area contributed by atoms with E-state index in [0.29, 0.717) is 78.5 Å². The van der Waals surface area contributed by atoms with E-state index in [2.05, 4.69) is 5.32 Å². The molecule has 0 aromatic heterocycles. The molecule has 0 radical (unpaired) electrons. The van der Waals surface area contributed by atoms with Gasteiger partial charge in [0.05, 0.1) is 0 Å². The van der Waals surface area contributed by atoms with Gasteiger partial charge in [-0.1, -0.05) is 38.0 Å². The van der Waals surface area contributed by atoms with Crippen LogP contribution in [0.2, 0.25) is 0 Å². The molecule has 13 nitrogen and oxygen atoms in total. The molecule has 298 valence electrons. The van der Waals surface area contributed by atoms with Crippen molar-refractivity contribution < 1.29 is 60.3 Å². The molecule has 0 heterocycles. The van der Waals surface area contributed by atoms with Crippen LogP contribution >= 0.6 is 0 Å². The fourth-order valence-corrected chi connectivity index (χ4v) is 9.05. The minimum atomic E-state index is -1.81. The zero-order chi connectivity index (χ0) is 40.8. The summed E-state index contributed by atoms with van der Waals surface area (Å²) < 4.78 is 5.49. The Bertz CT molecular complexity index is 2320. The van der Waals surface area contributed by atoms with Crippen molar-refractivity contribution in [2.75, 3.05) is 13.1 Å². The summed E-state index contributed by atoms with van der Waals surface area (Å²) in [5.41, 5.74) is 4.86. The van der Waals surface area contributed by atoms with Crippen LogP contribution < -0.4 is 5.32 Å². The second kappa shape index (κ2) is 15.3. The van der Waals surface area contributed by atoms with Gasteiger partial charge in [0, 0.05) is 40.6 Å². The van der Waals surface area contributed by atoms with Crippen LogP contribution in [0.5, 0.6) is 46.0 Å². The summed E-state index contributed by atoms with van der Waals surface area (Å²) in [5.74, 6) is -6.93. The number of ether oxygens (including phenoxy) is 1. The number of phenolic OH excluding ortho intramolecular Hbond substituents is 8. The van der Waals surface area contributed by atoms with Gasteiger partial charge in [-0.2, -0.15) is 0 Å². The molecule has 0 aliphatic heterocycles. The number of aliphatic carboxylic acids is 1. The number of carboxylic acids is 1. The van der Waals surface area contributed by atoms with Gasteiger partial charge in [0.25, 0.3) is 0 Å². The van der Waals surface area contributed by atoms with E-state index in [1.54, 1.807) is 19.1 Å². The van der Waals surface area contributed by atoms with E-state index in [1.165, 1.54) is 18.2 Å². The number of carbonyl (C=O) groups excluding carboxylic acids is 1. The Kier molecular flexibility index (Phi) is 10.4. The first-order valence-electron chi connectivity index (χ1n) is 19.0. The van der Waals surface area contributed by atoms with E-state index < -0.39 is 52.4 Å². The van der Waals surface area contributed by atoms with Crippen molar-refractivity contribution in [3.63, 3.8) is 0 Å². The van der Waals surface area contributed by atoms with Gasteiger partial charge in [0.2, 0.25) is 6.10 Å². The van der Waals surface area contributed by atoms with Crippen LogP contribution in [0.25, 0.3) is 28.9 Å². The van der Waals surface area contributed by atoms with Crippen molar-refractivity contribution in [3.05, 3.63) is 87.5 Å². The van der Waals surface area contributed by atoms with Crippen molar-refractivity contribution in [2.24, 2.45) is 0 Å². The number of hydrogen-bond donors (Lipinski definition) is 10. The van der Waals surface area contributed by atoms with Gasteiger partial charge in [-0.25, -0.2) is 9.59 Å². The molecule has 0 amide bonds. The Hall–Kier alpha value is -6.34. The SMILES string of the molecule is CCNCC(c1cc(O)c(O)c(O)c1)C(OC(=O)C=Cc1cc(O)c(O)c2c1C=C(c1cc(O)c(O)c3c1-c1cccc(O)c1CCC3)CC21CCCC1)C(=O)O. The van der Waals surface area contributed by atoms with E-state index in [0.717, 1.165) is 47.8 Å². The van der Waals surface area contributed by atoms with E-state index >= 15 is 0 Å². The first-order chi connectivity index (χ1) is 27.2. The number of rotatable bonds is 10. The molecule has 0 bridgehead atoms. The summed E-state index contributed by atoms with van der Waals surface area (Å²) in [6, 6.07) is 10.2. The van der Waals surface area contributed by atoms with E-state index in [1.807, 2.05) is 12.1 Å². The maximum Gasteiger partial charge on any atom is 0.345 e. The van der Waals surface area contributed by atoms with Crippen molar-refractivity contribution in [2.45, 2.75) is 75.7 Å². The van der Waals surface area contributed by atoms with Gasteiger partial charge in [-0.3, -0.25) is 0 Å². The molecule has 0 saturated heterocycles. The summed E-state index contributed by atoms with van der Waals surface area (Å²) >= 11 is 0. The highest BCUT2D eigenvalue weighted by Gasteiger charge is 2.44. The van der Waals surface area contributed by atoms with E-state index in [9.17, 15) is 55.5 Å². The molecule has 1 saturated carbocycles. The normalized spacial score (nSPS) is 16.6. The molecule has 10 N–H and O–H groups in total. The van der Waals surface area contributed by atoms with Gasteiger partial charge >= 0.3 is 11.9 Å². The minimum Gasteiger partial charge on any atom is -0.508 e. The zero-order valence-electron chi connectivity index (χ0n) is 31.2. The topological polar surface area (TPSA) is 237 Å². The molecule has 7 rings (SSSR count). The van der Waals surface area contributed by atoms with Crippen LogP contribution in [0.3, 0.4) is 0 Å². The number of carbonyl (C=O) groups is 2. The maximum absolute atomic E-state index is 13.5. The summed E-state index contributed by atoms with van der Waals surface area (Å²) in [6.45, 7) is 2.16. The van der Waals surface area contributed by atoms with Crippen LogP contribution in [0.4, 0.5) is 0 Å². The van der Waals surface area contributed by atoms with Crippen molar-refractivity contribution >= 4 is 29.7 Å². The fourth-order valence-electron chi connectivity index (χ4n) is 9.05. The molecule has 2 unspecified atom stereocenters. The minimum absolute atomic E-state index is 0.0380. The van der Waals surface area contributed by atoms with Crippen LogP contribution in [0.15, 0.2) is 48.5 Å². The predicted octanol–water partition coefficient (Wildman–Crippen LogP) is 6.65. The average Bonchev–Trinajstić information content (AvgIpc) is 3.54. The summed E-state index contributed by atoms with van der Waals surface area (Å²) in [7, 11) is 0. The number of likely N-dealkylation sites (N-methyl/N-ethyl adjacent to an activating group) is 1. The van der Waals surface area contributed by atoms with Gasteiger partial charge in [0.1, 0.15) is 5.75 Å². The van der Waals surface area contributed by atoms with Crippen LogP contribution in [0, 0.1) is 0 Å². The van der Waals surface area contributed by atoms with Crippen molar-refractivity contribution in [3.8, 4) is 57.1 Å².